The molecule has 1 aliphatic rings. The van der Waals surface area contributed by atoms with Crippen molar-refractivity contribution in [2.75, 3.05) is 19.6 Å². The maximum atomic E-state index is 9.91. The molecule has 0 amide bonds. The first-order chi connectivity index (χ1) is 8.08. The highest BCUT2D eigenvalue weighted by molar-refractivity contribution is 5.14. The number of likely N-dealkylation sites (tertiary alicyclic amines) is 1. The van der Waals surface area contributed by atoms with Crippen LogP contribution in [0.1, 0.15) is 25.8 Å². The first-order valence-electron chi connectivity index (χ1n) is 6.52. The van der Waals surface area contributed by atoms with E-state index in [1.54, 1.807) is 0 Å². The van der Waals surface area contributed by atoms with E-state index in [2.05, 4.69) is 49.1 Å². The van der Waals surface area contributed by atoms with Crippen molar-refractivity contribution in [3.8, 4) is 0 Å². The molecule has 2 heteroatoms. The summed E-state index contributed by atoms with van der Waals surface area (Å²) in [6.07, 6.45) is 1.87. The van der Waals surface area contributed by atoms with Gasteiger partial charge in [0, 0.05) is 25.0 Å². The van der Waals surface area contributed by atoms with Crippen LogP contribution in [0.2, 0.25) is 0 Å². The van der Waals surface area contributed by atoms with Crippen LogP contribution in [0.3, 0.4) is 0 Å². The molecule has 2 nitrogen and oxygen atoms in total. The Balaban J connectivity index is 1.85. The minimum absolute atomic E-state index is 0.0366. The lowest BCUT2D eigenvalue weighted by Gasteiger charge is -2.41. The second-order valence-corrected chi connectivity index (χ2v) is 5.80. The Kier molecular flexibility index (Phi) is 3.85. The maximum absolute atomic E-state index is 9.91. The van der Waals surface area contributed by atoms with Crippen LogP contribution in [0.25, 0.3) is 0 Å². The highest BCUT2D eigenvalue weighted by atomic mass is 16.3. The van der Waals surface area contributed by atoms with Gasteiger partial charge in [0.15, 0.2) is 0 Å². The van der Waals surface area contributed by atoms with Crippen molar-refractivity contribution >= 4 is 0 Å². The van der Waals surface area contributed by atoms with Gasteiger partial charge in [0.1, 0.15) is 0 Å². The molecular formula is C15H23NO. The molecule has 1 heterocycles. The summed E-state index contributed by atoms with van der Waals surface area (Å²) in [7, 11) is 0. The summed E-state index contributed by atoms with van der Waals surface area (Å²) in [5, 5.41) is 9.91. The zero-order chi connectivity index (χ0) is 12.3. The van der Waals surface area contributed by atoms with E-state index in [0.717, 1.165) is 32.5 Å². The van der Waals surface area contributed by atoms with Crippen molar-refractivity contribution < 1.29 is 5.11 Å². The van der Waals surface area contributed by atoms with Gasteiger partial charge in [0.05, 0.1) is 6.10 Å². The van der Waals surface area contributed by atoms with E-state index >= 15 is 0 Å². The van der Waals surface area contributed by atoms with E-state index in [0.29, 0.717) is 0 Å². The molecule has 0 spiro atoms. The monoisotopic (exact) mass is 233 g/mol. The average molecular weight is 233 g/mol. The highest BCUT2D eigenvalue weighted by Gasteiger charge is 2.34. The van der Waals surface area contributed by atoms with Crippen molar-refractivity contribution in [2.24, 2.45) is 5.41 Å². The Morgan fingerprint density at radius 3 is 2.65 bits per heavy atom. The van der Waals surface area contributed by atoms with Crippen LogP contribution in [0.5, 0.6) is 0 Å². The molecule has 0 aliphatic carbocycles. The van der Waals surface area contributed by atoms with Gasteiger partial charge in [-0.3, -0.25) is 0 Å². The van der Waals surface area contributed by atoms with E-state index in [1.807, 2.05) is 0 Å². The maximum Gasteiger partial charge on any atom is 0.0615 e. The third kappa shape index (κ3) is 3.30. The Hall–Kier alpha value is -0.860. The summed E-state index contributed by atoms with van der Waals surface area (Å²) >= 11 is 0. The lowest BCUT2D eigenvalue weighted by molar-refractivity contribution is -0.0239. The van der Waals surface area contributed by atoms with Crippen LogP contribution in [0.4, 0.5) is 0 Å². The molecule has 94 valence electrons. The van der Waals surface area contributed by atoms with E-state index in [-0.39, 0.29) is 11.5 Å². The van der Waals surface area contributed by atoms with Gasteiger partial charge in [0.2, 0.25) is 0 Å². The predicted molar refractivity (Wildman–Crippen MR) is 71.0 cm³/mol. The summed E-state index contributed by atoms with van der Waals surface area (Å²) in [6.45, 7) is 7.44. The Morgan fingerprint density at radius 1 is 1.29 bits per heavy atom. The van der Waals surface area contributed by atoms with Crippen LogP contribution < -0.4 is 0 Å². The van der Waals surface area contributed by atoms with Gasteiger partial charge in [-0.25, -0.2) is 0 Å². The molecule has 0 radical (unpaired) electrons. The summed E-state index contributed by atoms with van der Waals surface area (Å²) in [4.78, 5) is 2.47. The van der Waals surface area contributed by atoms with Gasteiger partial charge in [-0.05, 0) is 18.4 Å². The minimum Gasteiger partial charge on any atom is -0.392 e. The molecule has 1 N–H and O–H groups in total. The average Bonchev–Trinajstić information content (AvgIpc) is 2.32. The van der Waals surface area contributed by atoms with Crippen LogP contribution in [0, 0.1) is 5.41 Å². The van der Waals surface area contributed by atoms with Crippen molar-refractivity contribution in [3.05, 3.63) is 35.9 Å². The van der Waals surface area contributed by atoms with Crippen molar-refractivity contribution in [1.29, 1.82) is 0 Å². The van der Waals surface area contributed by atoms with E-state index < -0.39 is 0 Å². The van der Waals surface area contributed by atoms with E-state index in [4.69, 9.17) is 0 Å². The minimum atomic E-state index is -0.143. The number of hydrogen-bond acceptors (Lipinski definition) is 2. The Morgan fingerprint density at radius 2 is 2.00 bits per heavy atom. The molecule has 0 saturated carbocycles. The van der Waals surface area contributed by atoms with Crippen molar-refractivity contribution in [2.45, 2.75) is 32.8 Å². The highest BCUT2D eigenvalue weighted by Crippen LogP contribution is 2.28. The third-order valence-electron chi connectivity index (χ3n) is 3.81. The van der Waals surface area contributed by atoms with Gasteiger partial charge < -0.3 is 10.0 Å². The molecule has 1 unspecified atom stereocenters. The first-order valence-corrected chi connectivity index (χ1v) is 6.52. The Bertz CT molecular complexity index is 347. The smallest absolute Gasteiger partial charge is 0.0615 e. The summed E-state index contributed by atoms with van der Waals surface area (Å²) in [6, 6.07) is 10.6. The van der Waals surface area contributed by atoms with Crippen LogP contribution >= 0.6 is 0 Å². The van der Waals surface area contributed by atoms with Crippen LogP contribution in [-0.2, 0) is 6.42 Å². The molecular weight excluding hydrogens is 210 g/mol. The van der Waals surface area contributed by atoms with Gasteiger partial charge in [0.25, 0.3) is 0 Å². The number of hydrogen-bond donors (Lipinski definition) is 1. The van der Waals surface area contributed by atoms with Gasteiger partial charge in [-0.1, -0.05) is 44.2 Å². The lowest BCUT2D eigenvalue weighted by atomic mass is 9.81. The fourth-order valence-corrected chi connectivity index (χ4v) is 2.58. The molecule has 0 bridgehead atoms. The number of nitrogens with zero attached hydrogens (tertiary/aromatic N) is 1. The molecule has 1 aliphatic heterocycles. The van der Waals surface area contributed by atoms with Crippen molar-refractivity contribution in [3.63, 3.8) is 0 Å². The SMILES string of the molecule is CC1(C)CN(CCc2ccccc2)CCC1O. The molecule has 1 aromatic rings. The molecule has 2 rings (SSSR count). The standard InChI is InChI=1S/C15H23NO/c1-15(2)12-16(11-9-14(15)17)10-8-13-6-4-3-5-7-13/h3-7,14,17H,8-12H2,1-2H3. The molecule has 17 heavy (non-hydrogen) atoms. The third-order valence-corrected chi connectivity index (χ3v) is 3.81. The zero-order valence-corrected chi connectivity index (χ0v) is 10.9. The Labute approximate surface area is 104 Å². The number of aliphatic hydroxyl groups is 1. The van der Waals surface area contributed by atoms with Gasteiger partial charge in [-0.15, -0.1) is 0 Å². The van der Waals surface area contributed by atoms with Gasteiger partial charge in [-0.2, -0.15) is 0 Å². The number of aliphatic hydroxyl groups excluding tert-OH is 1. The summed E-state index contributed by atoms with van der Waals surface area (Å²) in [5.41, 5.74) is 1.44. The lowest BCUT2D eigenvalue weighted by Crippen LogP contribution is -2.49. The van der Waals surface area contributed by atoms with Gasteiger partial charge >= 0.3 is 0 Å². The fourth-order valence-electron chi connectivity index (χ4n) is 2.58. The molecule has 1 aromatic carbocycles. The molecule has 0 aromatic heterocycles. The molecule has 1 saturated heterocycles. The fraction of sp³-hybridized carbons (Fsp3) is 0.600. The quantitative estimate of drug-likeness (QED) is 0.866. The summed E-state index contributed by atoms with van der Waals surface area (Å²) < 4.78 is 0. The van der Waals surface area contributed by atoms with E-state index in [1.165, 1.54) is 5.56 Å². The summed E-state index contributed by atoms with van der Waals surface area (Å²) in [5.74, 6) is 0. The predicted octanol–water partition coefficient (Wildman–Crippen LogP) is 2.32. The zero-order valence-electron chi connectivity index (χ0n) is 10.9. The van der Waals surface area contributed by atoms with Crippen molar-refractivity contribution in [1.82, 2.24) is 4.90 Å². The van der Waals surface area contributed by atoms with Crippen LogP contribution in [0.15, 0.2) is 30.3 Å². The largest absolute Gasteiger partial charge is 0.392 e. The number of piperidine rings is 1. The first kappa shape index (κ1) is 12.6. The van der Waals surface area contributed by atoms with E-state index in [9.17, 15) is 5.11 Å². The topological polar surface area (TPSA) is 23.5 Å². The molecule has 1 fully saturated rings. The second kappa shape index (κ2) is 5.19. The number of rotatable bonds is 3. The van der Waals surface area contributed by atoms with Crippen LogP contribution in [-0.4, -0.2) is 35.7 Å². The normalized spacial score (nSPS) is 24.8. The second-order valence-electron chi connectivity index (χ2n) is 5.80. The molecule has 1 atom stereocenters. The number of benzene rings is 1.